The van der Waals surface area contributed by atoms with E-state index >= 15 is 0 Å². The molecule has 0 fully saturated rings. The summed E-state index contributed by atoms with van der Waals surface area (Å²) < 4.78 is 2.43. The van der Waals surface area contributed by atoms with Crippen LogP contribution in [0.4, 0.5) is 0 Å². The van der Waals surface area contributed by atoms with Crippen LogP contribution >= 0.6 is 0 Å². The zero-order valence-corrected chi connectivity index (χ0v) is 10.4. The Morgan fingerprint density at radius 2 is 2.28 bits per heavy atom. The normalized spacial score (nSPS) is 18.1. The number of nitrogens with one attached hydrogen (secondary N) is 2. The van der Waals surface area contributed by atoms with E-state index in [0.29, 0.717) is 0 Å². The van der Waals surface area contributed by atoms with E-state index in [1.54, 1.807) is 0 Å². The van der Waals surface area contributed by atoms with Gasteiger partial charge in [-0.1, -0.05) is 6.08 Å². The molecule has 2 aromatic rings. The third kappa shape index (κ3) is 1.40. The van der Waals surface area contributed by atoms with Crippen LogP contribution in [0.15, 0.2) is 30.6 Å². The zero-order chi connectivity index (χ0) is 11.9. The number of H-pyrrole nitrogens is 1. The minimum atomic E-state index is 1.02. The van der Waals surface area contributed by atoms with Gasteiger partial charge in [-0.3, -0.25) is 0 Å². The van der Waals surface area contributed by atoms with Gasteiger partial charge in [0.2, 0.25) is 0 Å². The number of rotatable bonds is 1. The summed E-state index contributed by atoms with van der Waals surface area (Å²) in [7, 11) is 0. The molecule has 2 aliphatic rings. The van der Waals surface area contributed by atoms with E-state index in [2.05, 4.69) is 39.3 Å². The average Bonchev–Trinajstić information content (AvgIpc) is 2.97. The monoisotopic (exact) mass is 239 g/mol. The molecule has 2 aromatic heterocycles. The first-order chi connectivity index (χ1) is 8.93. The van der Waals surface area contributed by atoms with Crippen LogP contribution in [0.3, 0.4) is 0 Å². The van der Waals surface area contributed by atoms with Gasteiger partial charge in [0, 0.05) is 49.0 Å². The van der Waals surface area contributed by atoms with Crippen LogP contribution in [-0.4, -0.2) is 22.6 Å². The Balaban J connectivity index is 1.94. The van der Waals surface area contributed by atoms with Crippen molar-refractivity contribution >= 4 is 5.57 Å². The van der Waals surface area contributed by atoms with Crippen LogP contribution in [-0.2, 0) is 13.0 Å². The fourth-order valence-corrected chi connectivity index (χ4v) is 3.20. The fourth-order valence-electron chi connectivity index (χ4n) is 3.20. The molecule has 18 heavy (non-hydrogen) atoms. The highest BCUT2D eigenvalue weighted by Crippen LogP contribution is 2.36. The summed E-state index contributed by atoms with van der Waals surface area (Å²) in [6.07, 6.45) is 9.06. The molecule has 0 atom stereocenters. The average molecular weight is 239 g/mol. The Bertz CT molecular complexity index is 602. The second kappa shape index (κ2) is 3.89. The highest BCUT2D eigenvalue weighted by molar-refractivity contribution is 5.78. The van der Waals surface area contributed by atoms with E-state index in [-0.39, 0.29) is 0 Å². The van der Waals surface area contributed by atoms with Gasteiger partial charge in [-0.15, -0.1) is 0 Å². The molecular formula is C15H17N3. The van der Waals surface area contributed by atoms with Gasteiger partial charge in [0.15, 0.2) is 0 Å². The third-order valence-corrected chi connectivity index (χ3v) is 4.01. The minimum Gasteiger partial charge on any atom is -0.361 e. The molecule has 0 bridgehead atoms. The summed E-state index contributed by atoms with van der Waals surface area (Å²) in [5, 5.41) is 3.50. The van der Waals surface area contributed by atoms with Gasteiger partial charge in [-0.25, -0.2) is 0 Å². The Morgan fingerprint density at radius 3 is 3.17 bits per heavy atom. The maximum atomic E-state index is 3.50. The van der Waals surface area contributed by atoms with Crippen molar-refractivity contribution < 1.29 is 0 Å². The Kier molecular flexibility index (Phi) is 2.20. The Hall–Kier alpha value is -1.74. The first-order valence-electron chi connectivity index (χ1n) is 6.69. The van der Waals surface area contributed by atoms with Crippen molar-refractivity contribution in [2.75, 3.05) is 13.1 Å². The maximum absolute atomic E-state index is 3.50. The first-order valence-corrected chi connectivity index (χ1v) is 6.69. The van der Waals surface area contributed by atoms with Crippen molar-refractivity contribution in [1.29, 1.82) is 0 Å². The molecule has 1 aliphatic carbocycles. The number of hydrogen-bond donors (Lipinski definition) is 2. The lowest BCUT2D eigenvalue weighted by Gasteiger charge is -2.15. The van der Waals surface area contributed by atoms with E-state index in [4.69, 9.17) is 0 Å². The lowest BCUT2D eigenvalue weighted by atomic mass is 9.93. The number of aromatic amines is 1. The molecule has 0 saturated heterocycles. The Labute approximate surface area is 107 Å². The smallest absolute Gasteiger partial charge is 0.0489 e. The minimum absolute atomic E-state index is 1.02. The van der Waals surface area contributed by atoms with Crippen LogP contribution in [0, 0.1) is 0 Å². The SMILES string of the molecule is C1=C2CNCCn3cc(-c4ccc[nH]4)c(c32)CC1. The first kappa shape index (κ1) is 10.2. The summed E-state index contributed by atoms with van der Waals surface area (Å²) in [6, 6.07) is 4.24. The summed E-state index contributed by atoms with van der Waals surface area (Å²) in [4.78, 5) is 3.34. The van der Waals surface area contributed by atoms with Crippen molar-refractivity contribution in [3.8, 4) is 11.3 Å². The van der Waals surface area contributed by atoms with Crippen molar-refractivity contribution in [2.45, 2.75) is 19.4 Å². The molecule has 1 aliphatic heterocycles. The predicted octanol–water partition coefficient (Wildman–Crippen LogP) is 2.42. The molecule has 3 heteroatoms. The van der Waals surface area contributed by atoms with E-state index < -0.39 is 0 Å². The standard InChI is InChI=1S/C15H17N3/c1-3-11-9-16-7-8-18-10-13(12(4-1)15(11)18)14-5-2-6-17-14/h2-3,5-6,10,16-17H,1,4,7-9H2. The summed E-state index contributed by atoms with van der Waals surface area (Å²) in [6.45, 7) is 3.14. The second-order valence-electron chi connectivity index (χ2n) is 5.09. The highest BCUT2D eigenvalue weighted by Gasteiger charge is 2.23. The number of hydrogen-bond acceptors (Lipinski definition) is 1. The Morgan fingerprint density at radius 1 is 1.28 bits per heavy atom. The zero-order valence-electron chi connectivity index (χ0n) is 10.4. The van der Waals surface area contributed by atoms with E-state index in [1.165, 1.54) is 40.9 Å². The van der Waals surface area contributed by atoms with Crippen LogP contribution in [0.1, 0.15) is 17.7 Å². The molecular weight excluding hydrogens is 222 g/mol. The largest absolute Gasteiger partial charge is 0.361 e. The molecule has 0 spiro atoms. The molecule has 0 saturated carbocycles. The lowest BCUT2D eigenvalue weighted by molar-refractivity contribution is 0.650. The number of allylic oxidation sites excluding steroid dienone is 1. The van der Waals surface area contributed by atoms with Crippen LogP contribution in [0.25, 0.3) is 16.8 Å². The fraction of sp³-hybridized carbons (Fsp3) is 0.333. The lowest BCUT2D eigenvalue weighted by Crippen LogP contribution is -2.17. The molecule has 0 amide bonds. The van der Waals surface area contributed by atoms with Crippen LogP contribution in [0.2, 0.25) is 0 Å². The van der Waals surface area contributed by atoms with E-state index in [0.717, 1.165) is 19.6 Å². The molecule has 92 valence electrons. The molecule has 0 unspecified atom stereocenters. The second-order valence-corrected chi connectivity index (χ2v) is 5.09. The summed E-state index contributed by atoms with van der Waals surface area (Å²) >= 11 is 0. The predicted molar refractivity (Wildman–Crippen MR) is 73.4 cm³/mol. The van der Waals surface area contributed by atoms with Gasteiger partial charge in [-0.2, -0.15) is 0 Å². The van der Waals surface area contributed by atoms with Gasteiger partial charge >= 0.3 is 0 Å². The summed E-state index contributed by atoms with van der Waals surface area (Å²) in [5.41, 5.74) is 7.11. The van der Waals surface area contributed by atoms with Crippen molar-refractivity contribution in [1.82, 2.24) is 14.9 Å². The van der Waals surface area contributed by atoms with E-state index in [1.807, 2.05) is 6.20 Å². The molecule has 0 radical (unpaired) electrons. The molecule has 0 aromatic carbocycles. The third-order valence-electron chi connectivity index (χ3n) is 4.01. The van der Waals surface area contributed by atoms with Gasteiger partial charge in [0.05, 0.1) is 0 Å². The van der Waals surface area contributed by atoms with Gasteiger partial charge in [0.25, 0.3) is 0 Å². The van der Waals surface area contributed by atoms with Gasteiger partial charge in [0.1, 0.15) is 0 Å². The van der Waals surface area contributed by atoms with Crippen LogP contribution in [0.5, 0.6) is 0 Å². The molecule has 4 rings (SSSR count). The van der Waals surface area contributed by atoms with Gasteiger partial charge < -0.3 is 14.9 Å². The van der Waals surface area contributed by atoms with Crippen molar-refractivity contribution in [3.63, 3.8) is 0 Å². The van der Waals surface area contributed by atoms with E-state index in [9.17, 15) is 0 Å². The van der Waals surface area contributed by atoms with Crippen molar-refractivity contribution in [2.24, 2.45) is 0 Å². The number of nitrogens with zero attached hydrogens (tertiary/aromatic N) is 1. The highest BCUT2D eigenvalue weighted by atomic mass is 15.0. The van der Waals surface area contributed by atoms with Gasteiger partial charge in [-0.05, 0) is 36.1 Å². The summed E-state index contributed by atoms with van der Waals surface area (Å²) in [5.74, 6) is 0. The van der Waals surface area contributed by atoms with Crippen molar-refractivity contribution in [3.05, 3.63) is 41.9 Å². The molecule has 3 nitrogen and oxygen atoms in total. The topological polar surface area (TPSA) is 32.8 Å². The number of aromatic nitrogens is 2. The maximum Gasteiger partial charge on any atom is 0.0489 e. The van der Waals surface area contributed by atoms with Crippen LogP contribution < -0.4 is 5.32 Å². The molecule has 2 N–H and O–H groups in total. The molecule has 3 heterocycles. The quantitative estimate of drug-likeness (QED) is 0.787.